The van der Waals surface area contributed by atoms with E-state index in [1.54, 1.807) is 48.7 Å². The van der Waals surface area contributed by atoms with Crippen LogP contribution in [0.1, 0.15) is 30.1 Å². The standard InChI is InChI=1S/C17H18N2O3/c1-2-22-14-8-6-13(7-9-14)15(20)10-11-17(21)19-16-5-3-4-12-18-16/h3-9,12H,2,10-11H2,1H3,(H,18,19,21). The van der Waals surface area contributed by atoms with Crippen molar-refractivity contribution < 1.29 is 14.3 Å². The van der Waals surface area contributed by atoms with Gasteiger partial charge in [0, 0.05) is 24.6 Å². The molecule has 5 nitrogen and oxygen atoms in total. The molecule has 0 unspecified atom stereocenters. The Balaban J connectivity index is 1.83. The number of rotatable bonds is 7. The smallest absolute Gasteiger partial charge is 0.225 e. The van der Waals surface area contributed by atoms with Gasteiger partial charge in [-0.15, -0.1) is 0 Å². The molecule has 1 heterocycles. The molecule has 1 N–H and O–H groups in total. The molecular weight excluding hydrogens is 280 g/mol. The highest BCUT2D eigenvalue weighted by Crippen LogP contribution is 2.14. The highest BCUT2D eigenvalue weighted by molar-refractivity contribution is 5.99. The van der Waals surface area contributed by atoms with Crippen LogP contribution in [0.4, 0.5) is 5.82 Å². The molecule has 2 rings (SSSR count). The van der Waals surface area contributed by atoms with E-state index in [2.05, 4.69) is 10.3 Å². The van der Waals surface area contributed by atoms with E-state index >= 15 is 0 Å². The molecule has 1 aromatic heterocycles. The van der Waals surface area contributed by atoms with Crippen LogP contribution in [0.2, 0.25) is 0 Å². The number of ketones is 1. The average molecular weight is 298 g/mol. The van der Waals surface area contributed by atoms with Gasteiger partial charge in [0.15, 0.2) is 5.78 Å². The third kappa shape index (κ3) is 4.70. The number of ether oxygens (including phenoxy) is 1. The Morgan fingerprint density at radius 1 is 1.09 bits per heavy atom. The zero-order valence-electron chi connectivity index (χ0n) is 12.4. The van der Waals surface area contributed by atoms with E-state index < -0.39 is 0 Å². The maximum absolute atomic E-state index is 12.0. The number of hydrogen-bond donors (Lipinski definition) is 1. The number of aromatic nitrogens is 1. The van der Waals surface area contributed by atoms with Crippen molar-refractivity contribution in [2.75, 3.05) is 11.9 Å². The van der Waals surface area contributed by atoms with E-state index in [0.717, 1.165) is 5.75 Å². The van der Waals surface area contributed by atoms with Gasteiger partial charge >= 0.3 is 0 Å². The van der Waals surface area contributed by atoms with Crippen molar-refractivity contribution in [1.82, 2.24) is 4.98 Å². The van der Waals surface area contributed by atoms with Gasteiger partial charge in [-0.2, -0.15) is 0 Å². The third-order valence-corrected chi connectivity index (χ3v) is 3.00. The number of nitrogens with zero attached hydrogens (tertiary/aromatic N) is 1. The topological polar surface area (TPSA) is 68.3 Å². The first-order chi connectivity index (χ1) is 10.7. The normalized spacial score (nSPS) is 10.0. The van der Waals surface area contributed by atoms with Crippen molar-refractivity contribution in [3.63, 3.8) is 0 Å². The lowest BCUT2D eigenvalue weighted by Crippen LogP contribution is -2.14. The monoisotopic (exact) mass is 298 g/mol. The number of nitrogens with one attached hydrogen (secondary N) is 1. The van der Waals surface area contributed by atoms with Gasteiger partial charge in [-0.3, -0.25) is 9.59 Å². The van der Waals surface area contributed by atoms with Gasteiger partial charge in [-0.05, 0) is 43.3 Å². The van der Waals surface area contributed by atoms with Gasteiger partial charge < -0.3 is 10.1 Å². The second-order valence-corrected chi connectivity index (χ2v) is 4.64. The van der Waals surface area contributed by atoms with Crippen LogP contribution in [0.5, 0.6) is 5.75 Å². The molecule has 0 radical (unpaired) electrons. The first-order valence-corrected chi connectivity index (χ1v) is 7.16. The molecule has 0 bridgehead atoms. The summed E-state index contributed by atoms with van der Waals surface area (Å²) in [7, 11) is 0. The Hall–Kier alpha value is -2.69. The van der Waals surface area contributed by atoms with Crippen molar-refractivity contribution in [1.29, 1.82) is 0 Å². The molecule has 0 fully saturated rings. The van der Waals surface area contributed by atoms with Crippen LogP contribution in [0.15, 0.2) is 48.7 Å². The molecule has 22 heavy (non-hydrogen) atoms. The lowest BCUT2D eigenvalue weighted by atomic mass is 10.1. The number of hydrogen-bond acceptors (Lipinski definition) is 4. The summed E-state index contributed by atoms with van der Waals surface area (Å²) in [5.41, 5.74) is 0.578. The molecule has 5 heteroatoms. The lowest BCUT2D eigenvalue weighted by Gasteiger charge is -2.05. The quantitative estimate of drug-likeness (QED) is 0.798. The van der Waals surface area contributed by atoms with Crippen LogP contribution in [0.3, 0.4) is 0 Å². The van der Waals surface area contributed by atoms with Crippen molar-refractivity contribution in [2.45, 2.75) is 19.8 Å². The minimum atomic E-state index is -0.224. The van der Waals surface area contributed by atoms with E-state index in [4.69, 9.17) is 4.74 Å². The van der Waals surface area contributed by atoms with Crippen LogP contribution in [0.25, 0.3) is 0 Å². The number of Topliss-reactive ketones (excluding diaryl/α,β-unsaturated/α-hetero) is 1. The van der Waals surface area contributed by atoms with Crippen molar-refractivity contribution in [2.24, 2.45) is 0 Å². The molecule has 0 aliphatic heterocycles. The summed E-state index contributed by atoms with van der Waals surface area (Å²) in [4.78, 5) is 27.8. The second-order valence-electron chi connectivity index (χ2n) is 4.64. The lowest BCUT2D eigenvalue weighted by molar-refractivity contribution is -0.116. The Morgan fingerprint density at radius 3 is 2.50 bits per heavy atom. The molecule has 0 atom stereocenters. The molecule has 1 amide bonds. The summed E-state index contributed by atoms with van der Waals surface area (Å²) in [6.07, 6.45) is 1.88. The second kappa shape index (κ2) is 7.93. The molecule has 0 spiro atoms. The molecular formula is C17H18N2O3. The zero-order valence-corrected chi connectivity index (χ0v) is 12.4. The highest BCUT2D eigenvalue weighted by atomic mass is 16.5. The van der Waals surface area contributed by atoms with E-state index in [1.165, 1.54) is 0 Å². The molecule has 1 aromatic carbocycles. The first kappa shape index (κ1) is 15.7. The zero-order chi connectivity index (χ0) is 15.8. The fourth-order valence-corrected chi connectivity index (χ4v) is 1.92. The van der Waals surface area contributed by atoms with Gasteiger partial charge in [0.2, 0.25) is 5.91 Å². The molecule has 0 aliphatic rings. The molecule has 0 saturated heterocycles. The number of carbonyl (C=O) groups excluding carboxylic acids is 2. The van der Waals surface area contributed by atoms with Crippen LogP contribution >= 0.6 is 0 Å². The molecule has 0 aliphatic carbocycles. The maximum atomic E-state index is 12.0. The van der Waals surface area contributed by atoms with Gasteiger partial charge in [0.05, 0.1) is 6.61 Å². The molecule has 2 aromatic rings. The van der Waals surface area contributed by atoms with E-state index in [-0.39, 0.29) is 24.5 Å². The van der Waals surface area contributed by atoms with Crippen molar-refractivity contribution in [3.8, 4) is 5.75 Å². The largest absolute Gasteiger partial charge is 0.494 e. The fraction of sp³-hybridized carbons (Fsp3) is 0.235. The van der Waals surface area contributed by atoms with E-state index in [1.807, 2.05) is 6.92 Å². The number of anilines is 1. The van der Waals surface area contributed by atoms with Crippen LogP contribution < -0.4 is 10.1 Å². The first-order valence-electron chi connectivity index (χ1n) is 7.16. The van der Waals surface area contributed by atoms with E-state index in [0.29, 0.717) is 18.0 Å². The maximum Gasteiger partial charge on any atom is 0.225 e. The third-order valence-electron chi connectivity index (χ3n) is 3.00. The van der Waals surface area contributed by atoms with Crippen molar-refractivity contribution in [3.05, 3.63) is 54.2 Å². The van der Waals surface area contributed by atoms with Crippen LogP contribution in [-0.4, -0.2) is 23.3 Å². The Morgan fingerprint density at radius 2 is 1.86 bits per heavy atom. The summed E-state index contributed by atoms with van der Waals surface area (Å²) in [5, 5.41) is 2.65. The molecule has 114 valence electrons. The average Bonchev–Trinajstić information content (AvgIpc) is 2.54. The summed E-state index contributed by atoms with van der Waals surface area (Å²) < 4.78 is 5.32. The number of benzene rings is 1. The van der Waals surface area contributed by atoms with Gasteiger partial charge in [0.25, 0.3) is 0 Å². The van der Waals surface area contributed by atoms with Gasteiger partial charge in [-0.1, -0.05) is 6.07 Å². The van der Waals surface area contributed by atoms with Gasteiger partial charge in [0.1, 0.15) is 11.6 Å². The minimum Gasteiger partial charge on any atom is -0.494 e. The Labute approximate surface area is 129 Å². The number of pyridine rings is 1. The summed E-state index contributed by atoms with van der Waals surface area (Å²) in [5.74, 6) is 0.921. The Kier molecular flexibility index (Phi) is 5.65. The SMILES string of the molecule is CCOc1ccc(C(=O)CCC(=O)Nc2ccccn2)cc1. The highest BCUT2D eigenvalue weighted by Gasteiger charge is 2.10. The van der Waals surface area contributed by atoms with Crippen molar-refractivity contribution >= 4 is 17.5 Å². The summed E-state index contributed by atoms with van der Waals surface area (Å²) in [6, 6.07) is 12.2. The van der Waals surface area contributed by atoms with Crippen LogP contribution in [-0.2, 0) is 4.79 Å². The summed E-state index contributed by atoms with van der Waals surface area (Å²) >= 11 is 0. The predicted octanol–water partition coefficient (Wildman–Crippen LogP) is 3.08. The minimum absolute atomic E-state index is 0.0702. The predicted molar refractivity (Wildman–Crippen MR) is 84.0 cm³/mol. The fourth-order valence-electron chi connectivity index (χ4n) is 1.92. The molecule has 0 saturated carbocycles. The van der Waals surface area contributed by atoms with E-state index in [9.17, 15) is 9.59 Å². The van der Waals surface area contributed by atoms with Gasteiger partial charge in [-0.25, -0.2) is 4.98 Å². The number of carbonyl (C=O) groups is 2. The number of amides is 1. The van der Waals surface area contributed by atoms with Crippen LogP contribution in [0, 0.1) is 0 Å². The summed E-state index contributed by atoms with van der Waals surface area (Å²) in [6.45, 7) is 2.49. The Bertz CT molecular complexity index is 624.